The summed E-state index contributed by atoms with van der Waals surface area (Å²) >= 11 is 0. The van der Waals surface area contributed by atoms with Crippen molar-refractivity contribution in [2.24, 2.45) is 0 Å². The lowest BCUT2D eigenvalue weighted by molar-refractivity contribution is -0.937. The minimum Gasteiger partial charge on any atom is -0.321 e. The fraction of sp³-hybridized carbons (Fsp3) is 0.800. The third-order valence-electron chi connectivity index (χ3n) is 10.2. The maximum Gasteiger partial charge on any atom is 0.105 e. The highest BCUT2D eigenvalue weighted by molar-refractivity contribution is 5.50. The maximum absolute atomic E-state index is 2.45. The van der Waals surface area contributed by atoms with Crippen molar-refractivity contribution in [2.45, 2.75) is 103 Å². The molecule has 0 radical (unpaired) electrons. The SMILES string of the molecule is CC[N+](CC)(CC)Cc1c(C)c(C[N+](CC)(CC)CC)c(C)c(C[N+](CC)(CC)CC)c1C. The van der Waals surface area contributed by atoms with Crippen LogP contribution in [0.2, 0.25) is 0 Å². The molecule has 0 aliphatic rings. The second-order valence-electron chi connectivity index (χ2n) is 10.7. The van der Waals surface area contributed by atoms with E-state index in [0.29, 0.717) is 0 Å². The van der Waals surface area contributed by atoms with Crippen LogP contribution in [0.25, 0.3) is 0 Å². The first-order valence-corrected chi connectivity index (χ1v) is 14.2. The summed E-state index contributed by atoms with van der Waals surface area (Å²) in [5.74, 6) is 0. The third kappa shape index (κ3) is 6.21. The lowest BCUT2D eigenvalue weighted by Crippen LogP contribution is -2.49. The van der Waals surface area contributed by atoms with Gasteiger partial charge in [-0.05, 0) is 99.8 Å². The first kappa shape index (κ1) is 30.1. The zero-order valence-electron chi connectivity index (χ0n) is 24.8. The van der Waals surface area contributed by atoms with Gasteiger partial charge in [0.2, 0.25) is 0 Å². The average Bonchev–Trinajstić information content (AvgIpc) is 2.86. The highest BCUT2D eigenvalue weighted by Gasteiger charge is 2.32. The number of hydrogen-bond donors (Lipinski definition) is 0. The molecule has 0 spiro atoms. The number of quaternary nitrogens is 3. The molecule has 1 rings (SSSR count). The summed E-state index contributed by atoms with van der Waals surface area (Å²) in [6.45, 7) is 43.2. The van der Waals surface area contributed by atoms with Crippen molar-refractivity contribution in [3.63, 3.8) is 0 Å². The molecule has 1 aromatic rings. The molecule has 3 heteroatoms. The van der Waals surface area contributed by atoms with Crippen molar-refractivity contribution in [3.8, 4) is 0 Å². The van der Waals surface area contributed by atoms with Gasteiger partial charge in [0.1, 0.15) is 19.6 Å². The summed E-state index contributed by atoms with van der Waals surface area (Å²) in [6, 6.07) is 0. The molecular weight excluding hydrogens is 402 g/mol. The minimum absolute atomic E-state index is 1.18. The van der Waals surface area contributed by atoms with E-state index in [0.717, 1.165) is 0 Å². The second kappa shape index (κ2) is 12.7. The van der Waals surface area contributed by atoms with Gasteiger partial charge in [0.05, 0.1) is 58.9 Å². The zero-order chi connectivity index (χ0) is 25.4. The second-order valence-corrected chi connectivity index (χ2v) is 10.7. The molecule has 0 amide bonds. The fourth-order valence-corrected chi connectivity index (χ4v) is 6.13. The van der Waals surface area contributed by atoms with Crippen molar-refractivity contribution >= 4 is 0 Å². The third-order valence-corrected chi connectivity index (χ3v) is 10.2. The van der Waals surface area contributed by atoms with Crippen LogP contribution in [0.15, 0.2) is 0 Å². The van der Waals surface area contributed by atoms with Gasteiger partial charge in [0.25, 0.3) is 0 Å². The molecule has 1 aromatic carbocycles. The summed E-state index contributed by atoms with van der Waals surface area (Å²) < 4.78 is 3.57. The van der Waals surface area contributed by atoms with E-state index in [9.17, 15) is 0 Å². The summed E-state index contributed by atoms with van der Waals surface area (Å²) in [4.78, 5) is 0. The van der Waals surface area contributed by atoms with Crippen LogP contribution in [0.4, 0.5) is 0 Å². The molecule has 0 aliphatic carbocycles. The Labute approximate surface area is 208 Å². The van der Waals surface area contributed by atoms with E-state index < -0.39 is 0 Å². The van der Waals surface area contributed by atoms with E-state index in [1.54, 1.807) is 33.4 Å². The Morgan fingerprint density at radius 1 is 0.333 bits per heavy atom. The summed E-state index contributed by atoms with van der Waals surface area (Å²) in [6.07, 6.45) is 0. The van der Waals surface area contributed by atoms with Crippen LogP contribution < -0.4 is 0 Å². The Hall–Kier alpha value is -0.900. The van der Waals surface area contributed by atoms with Crippen molar-refractivity contribution in [1.29, 1.82) is 0 Å². The predicted molar refractivity (Wildman–Crippen MR) is 147 cm³/mol. The van der Waals surface area contributed by atoms with Crippen LogP contribution in [0, 0.1) is 20.8 Å². The van der Waals surface area contributed by atoms with Gasteiger partial charge in [-0.3, -0.25) is 0 Å². The van der Waals surface area contributed by atoms with Crippen molar-refractivity contribution < 1.29 is 13.4 Å². The van der Waals surface area contributed by atoms with Gasteiger partial charge < -0.3 is 13.4 Å². The normalized spacial score (nSPS) is 13.1. The van der Waals surface area contributed by atoms with Gasteiger partial charge in [-0.15, -0.1) is 0 Å². The first-order chi connectivity index (χ1) is 15.6. The molecule has 0 unspecified atom stereocenters. The summed E-state index contributed by atoms with van der Waals surface area (Å²) in [7, 11) is 0. The van der Waals surface area contributed by atoms with Crippen LogP contribution in [0.1, 0.15) is 95.7 Å². The Morgan fingerprint density at radius 2 is 0.485 bits per heavy atom. The van der Waals surface area contributed by atoms with E-state index in [4.69, 9.17) is 0 Å². The quantitative estimate of drug-likeness (QED) is 0.253. The van der Waals surface area contributed by atoms with E-state index in [2.05, 4.69) is 83.1 Å². The number of benzene rings is 1. The average molecular weight is 463 g/mol. The van der Waals surface area contributed by atoms with Crippen LogP contribution in [0.3, 0.4) is 0 Å². The monoisotopic (exact) mass is 462 g/mol. The van der Waals surface area contributed by atoms with Gasteiger partial charge in [-0.1, -0.05) is 0 Å². The lowest BCUT2D eigenvalue weighted by atomic mass is 9.86. The van der Waals surface area contributed by atoms with Crippen LogP contribution in [-0.2, 0) is 19.6 Å². The molecular formula is C30H60N3+3. The van der Waals surface area contributed by atoms with Crippen LogP contribution >= 0.6 is 0 Å². The van der Waals surface area contributed by atoms with E-state index in [1.165, 1.54) is 92.0 Å². The van der Waals surface area contributed by atoms with Crippen molar-refractivity contribution in [3.05, 3.63) is 33.4 Å². The summed E-state index contributed by atoms with van der Waals surface area (Å²) in [5.41, 5.74) is 9.73. The molecule has 0 fully saturated rings. The maximum atomic E-state index is 2.45. The van der Waals surface area contributed by atoms with Gasteiger partial charge in [0.15, 0.2) is 0 Å². The Morgan fingerprint density at radius 3 is 0.606 bits per heavy atom. The summed E-state index contributed by atoms with van der Waals surface area (Å²) in [5, 5.41) is 0. The molecule has 0 heterocycles. The molecule has 0 N–H and O–H groups in total. The Bertz CT molecular complexity index is 592. The van der Waals surface area contributed by atoms with E-state index in [1.807, 2.05) is 0 Å². The zero-order valence-corrected chi connectivity index (χ0v) is 24.8. The topological polar surface area (TPSA) is 0 Å². The van der Waals surface area contributed by atoms with Crippen molar-refractivity contribution in [1.82, 2.24) is 0 Å². The number of nitrogens with zero attached hydrogens (tertiary/aromatic N) is 3. The van der Waals surface area contributed by atoms with Gasteiger partial charge in [-0.25, -0.2) is 0 Å². The van der Waals surface area contributed by atoms with Gasteiger partial charge in [0, 0.05) is 16.7 Å². The molecule has 33 heavy (non-hydrogen) atoms. The highest BCUT2D eigenvalue weighted by Crippen LogP contribution is 2.34. The highest BCUT2D eigenvalue weighted by atomic mass is 15.4. The lowest BCUT2D eigenvalue weighted by Gasteiger charge is -2.41. The molecule has 0 aliphatic heterocycles. The molecule has 192 valence electrons. The van der Waals surface area contributed by atoms with Gasteiger partial charge in [-0.2, -0.15) is 0 Å². The first-order valence-electron chi connectivity index (χ1n) is 14.2. The standard InChI is InChI=1S/C30H60N3/c1-13-31(14-2,15-3)22-28-25(10)29(23-32(16-4,17-5)18-6)27(12)30(26(28)11)24-33(19-7,20-8)21-9/h13-24H2,1-12H3/q+3. The molecule has 0 aromatic heterocycles. The largest absolute Gasteiger partial charge is 0.321 e. The Balaban J connectivity index is 3.88. The molecule has 0 atom stereocenters. The molecule has 0 bridgehead atoms. The van der Waals surface area contributed by atoms with Gasteiger partial charge >= 0.3 is 0 Å². The van der Waals surface area contributed by atoms with E-state index in [-0.39, 0.29) is 0 Å². The van der Waals surface area contributed by atoms with Crippen LogP contribution in [0.5, 0.6) is 0 Å². The number of hydrogen-bond acceptors (Lipinski definition) is 0. The van der Waals surface area contributed by atoms with Crippen molar-refractivity contribution in [2.75, 3.05) is 58.9 Å². The predicted octanol–water partition coefficient (Wildman–Crippen LogP) is 6.74. The molecule has 0 saturated heterocycles. The van der Waals surface area contributed by atoms with Crippen LogP contribution in [-0.4, -0.2) is 72.4 Å². The molecule has 0 saturated carbocycles. The smallest absolute Gasteiger partial charge is 0.105 e. The fourth-order valence-electron chi connectivity index (χ4n) is 6.13. The van der Waals surface area contributed by atoms with E-state index >= 15 is 0 Å². The Kier molecular flexibility index (Phi) is 11.6. The minimum atomic E-state index is 1.18. The number of rotatable bonds is 15. The molecule has 3 nitrogen and oxygen atoms in total.